The molecular weight excluding hydrogens is 148 g/mol. The van der Waals surface area contributed by atoms with E-state index in [1.165, 1.54) is 0 Å². The van der Waals surface area contributed by atoms with Crippen LogP contribution in [-0.2, 0) is 0 Å². The Morgan fingerprint density at radius 3 is 1.42 bits per heavy atom. The summed E-state index contributed by atoms with van der Waals surface area (Å²) in [4.78, 5) is 0. The number of hydrogen-bond acceptors (Lipinski definition) is 1. The minimum Gasteiger partial charge on any atom is -0.389 e. The van der Waals surface area contributed by atoms with Gasteiger partial charge in [-0.1, -0.05) is 48.0 Å². The molecule has 74 valence electrons. The van der Waals surface area contributed by atoms with Crippen LogP contribution in [0, 0.1) is 17.8 Å². The molecular formula is C11H24O. The molecule has 0 heterocycles. The van der Waals surface area contributed by atoms with Gasteiger partial charge in [-0.2, -0.15) is 0 Å². The second kappa shape index (κ2) is 4.27. The topological polar surface area (TPSA) is 20.2 Å². The Labute approximate surface area is 77.2 Å². The highest BCUT2D eigenvalue weighted by molar-refractivity contribution is 4.89. The molecule has 1 heteroatoms. The molecule has 12 heavy (non-hydrogen) atoms. The number of hydrogen-bond donors (Lipinski definition) is 1. The van der Waals surface area contributed by atoms with Crippen LogP contribution in [0.3, 0.4) is 0 Å². The van der Waals surface area contributed by atoms with Gasteiger partial charge in [0.05, 0.1) is 5.60 Å². The lowest BCUT2D eigenvalue weighted by Crippen LogP contribution is -2.46. The van der Waals surface area contributed by atoms with Crippen LogP contribution in [0.2, 0.25) is 0 Å². The third-order valence-corrected chi connectivity index (χ3v) is 3.25. The summed E-state index contributed by atoms with van der Waals surface area (Å²) in [5.74, 6) is 1.07. The zero-order valence-corrected chi connectivity index (χ0v) is 9.39. The molecule has 0 radical (unpaired) electrons. The summed E-state index contributed by atoms with van der Waals surface area (Å²) in [6, 6.07) is 0. The van der Waals surface area contributed by atoms with Gasteiger partial charge < -0.3 is 5.11 Å². The highest BCUT2D eigenvalue weighted by Crippen LogP contribution is 2.35. The Bertz CT molecular complexity index is 119. The monoisotopic (exact) mass is 172 g/mol. The van der Waals surface area contributed by atoms with Crippen LogP contribution in [-0.4, -0.2) is 10.7 Å². The average molecular weight is 172 g/mol. The van der Waals surface area contributed by atoms with E-state index in [0.717, 1.165) is 6.42 Å². The molecule has 0 rings (SSSR count). The highest BCUT2D eigenvalue weighted by Gasteiger charge is 2.38. The molecule has 0 aliphatic rings. The van der Waals surface area contributed by atoms with Gasteiger partial charge in [0, 0.05) is 0 Å². The van der Waals surface area contributed by atoms with Crippen molar-refractivity contribution in [2.45, 2.75) is 53.6 Å². The van der Waals surface area contributed by atoms with Crippen LogP contribution in [0.1, 0.15) is 48.0 Å². The van der Waals surface area contributed by atoms with E-state index in [4.69, 9.17) is 0 Å². The highest BCUT2D eigenvalue weighted by atomic mass is 16.3. The third-order valence-electron chi connectivity index (χ3n) is 3.25. The van der Waals surface area contributed by atoms with Crippen molar-refractivity contribution >= 4 is 0 Å². The average Bonchev–Trinajstić information content (AvgIpc) is 2.00. The molecule has 0 aromatic carbocycles. The van der Waals surface area contributed by atoms with E-state index in [9.17, 15) is 5.11 Å². The Kier molecular flexibility index (Phi) is 4.25. The van der Waals surface area contributed by atoms with Crippen molar-refractivity contribution in [3.8, 4) is 0 Å². The van der Waals surface area contributed by atoms with Crippen LogP contribution in [0.15, 0.2) is 0 Å². The molecule has 0 amide bonds. The molecule has 0 aliphatic heterocycles. The molecule has 0 saturated heterocycles. The first-order valence-corrected chi connectivity index (χ1v) is 5.09. The van der Waals surface area contributed by atoms with Crippen molar-refractivity contribution in [3.05, 3.63) is 0 Å². The molecule has 0 bridgehead atoms. The van der Waals surface area contributed by atoms with E-state index in [1.807, 2.05) is 0 Å². The third kappa shape index (κ3) is 2.01. The summed E-state index contributed by atoms with van der Waals surface area (Å²) < 4.78 is 0. The van der Waals surface area contributed by atoms with Gasteiger partial charge in [-0.25, -0.2) is 0 Å². The Morgan fingerprint density at radius 1 is 1.00 bits per heavy atom. The Hall–Kier alpha value is -0.0400. The van der Waals surface area contributed by atoms with Crippen molar-refractivity contribution < 1.29 is 5.11 Å². The van der Waals surface area contributed by atoms with E-state index in [2.05, 4.69) is 41.5 Å². The van der Waals surface area contributed by atoms with Crippen molar-refractivity contribution in [2.24, 2.45) is 17.8 Å². The zero-order chi connectivity index (χ0) is 9.94. The first-order chi connectivity index (χ1) is 5.37. The summed E-state index contributed by atoms with van der Waals surface area (Å²) >= 11 is 0. The number of rotatable bonds is 4. The van der Waals surface area contributed by atoms with Gasteiger partial charge in [-0.05, 0) is 17.8 Å². The predicted octanol–water partition coefficient (Wildman–Crippen LogP) is 3.08. The van der Waals surface area contributed by atoms with E-state index in [0.29, 0.717) is 17.8 Å². The predicted molar refractivity (Wildman–Crippen MR) is 54.1 cm³/mol. The van der Waals surface area contributed by atoms with Gasteiger partial charge in [0.2, 0.25) is 0 Å². The fraction of sp³-hybridized carbons (Fsp3) is 1.00. The van der Waals surface area contributed by atoms with Gasteiger partial charge in [0.25, 0.3) is 0 Å². The van der Waals surface area contributed by atoms with Crippen LogP contribution >= 0.6 is 0 Å². The molecule has 0 aromatic rings. The largest absolute Gasteiger partial charge is 0.389 e. The maximum atomic E-state index is 10.4. The van der Waals surface area contributed by atoms with Crippen LogP contribution < -0.4 is 0 Å². The van der Waals surface area contributed by atoms with Gasteiger partial charge >= 0.3 is 0 Å². The summed E-state index contributed by atoms with van der Waals surface area (Å²) in [7, 11) is 0. The minimum absolute atomic E-state index is 0.340. The van der Waals surface area contributed by atoms with E-state index in [-0.39, 0.29) is 0 Å². The van der Waals surface area contributed by atoms with Crippen LogP contribution in [0.4, 0.5) is 0 Å². The molecule has 0 aliphatic carbocycles. The second-order valence-electron chi connectivity index (χ2n) is 4.51. The summed E-state index contributed by atoms with van der Waals surface area (Å²) in [6.45, 7) is 12.7. The van der Waals surface area contributed by atoms with Gasteiger partial charge in [0.1, 0.15) is 0 Å². The van der Waals surface area contributed by atoms with E-state index < -0.39 is 5.60 Å². The van der Waals surface area contributed by atoms with Crippen molar-refractivity contribution in [3.63, 3.8) is 0 Å². The summed E-state index contributed by atoms with van der Waals surface area (Å²) in [5.41, 5.74) is -0.491. The normalized spacial score (nSPS) is 15.8. The standard InChI is InChI=1S/C11H24O/c1-7-10(6)11(12,8(2)3)9(4)5/h8-10,12H,7H2,1-6H3. The molecule has 0 fully saturated rings. The Morgan fingerprint density at radius 2 is 1.33 bits per heavy atom. The molecule has 0 spiro atoms. The van der Waals surface area contributed by atoms with E-state index in [1.54, 1.807) is 0 Å². The van der Waals surface area contributed by atoms with Crippen LogP contribution in [0.5, 0.6) is 0 Å². The smallest absolute Gasteiger partial charge is 0.0718 e. The number of aliphatic hydroxyl groups is 1. The minimum atomic E-state index is -0.491. The first-order valence-electron chi connectivity index (χ1n) is 5.09. The lowest BCUT2D eigenvalue weighted by atomic mass is 9.71. The molecule has 1 nitrogen and oxygen atoms in total. The van der Waals surface area contributed by atoms with Crippen molar-refractivity contribution in [1.29, 1.82) is 0 Å². The quantitative estimate of drug-likeness (QED) is 0.691. The molecule has 1 unspecified atom stereocenters. The summed E-state index contributed by atoms with van der Waals surface area (Å²) in [5, 5.41) is 10.4. The lowest BCUT2D eigenvalue weighted by molar-refractivity contribution is -0.0913. The van der Waals surface area contributed by atoms with Gasteiger partial charge in [0.15, 0.2) is 0 Å². The van der Waals surface area contributed by atoms with Crippen LogP contribution in [0.25, 0.3) is 0 Å². The van der Waals surface area contributed by atoms with Crippen molar-refractivity contribution in [2.75, 3.05) is 0 Å². The van der Waals surface area contributed by atoms with Gasteiger partial charge in [-0.15, -0.1) is 0 Å². The molecule has 0 aromatic heterocycles. The van der Waals surface area contributed by atoms with Crippen molar-refractivity contribution in [1.82, 2.24) is 0 Å². The second-order valence-corrected chi connectivity index (χ2v) is 4.51. The van der Waals surface area contributed by atoms with Gasteiger partial charge in [-0.3, -0.25) is 0 Å². The fourth-order valence-corrected chi connectivity index (χ4v) is 2.13. The Balaban J connectivity index is 4.61. The zero-order valence-electron chi connectivity index (χ0n) is 9.39. The van der Waals surface area contributed by atoms with E-state index >= 15 is 0 Å². The fourth-order valence-electron chi connectivity index (χ4n) is 2.13. The molecule has 1 atom stereocenters. The lowest BCUT2D eigenvalue weighted by Gasteiger charge is -2.41. The molecule has 1 N–H and O–H groups in total. The summed E-state index contributed by atoms with van der Waals surface area (Å²) in [6.07, 6.45) is 1.05. The SMILES string of the molecule is CCC(C)C(O)(C(C)C)C(C)C. The molecule has 0 saturated carbocycles. The maximum Gasteiger partial charge on any atom is 0.0718 e. The first kappa shape index (κ1) is 12.0. The maximum absolute atomic E-state index is 10.4.